The van der Waals surface area contributed by atoms with Crippen molar-refractivity contribution in [1.29, 1.82) is 0 Å². The summed E-state index contributed by atoms with van der Waals surface area (Å²) < 4.78 is 2.54. The number of rotatable bonds is 4. The standard InChI is InChI=1S/C25H22ClN3O3S/c1-2-19-14-20-23(31)29(18-10-5-9-17(26)13-18)25(32)28(24(20)33-19)15-22(30)27-12-6-8-16-7-3-4-11-21(16)27/h3-5,7,9-11,13-14H,2,6,8,12,15H2,1H3. The Kier molecular flexibility index (Phi) is 5.68. The molecule has 0 unspecified atom stereocenters. The highest BCUT2D eigenvalue weighted by Crippen LogP contribution is 2.28. The van der Waals surface area contributed by atoms with E-state index in [0.717, 1.165) is 40.0 Å². The maximum Gasteiger partial charge on any atom is 0.337 e. The third kappa shape index (κ3) is 3.81. The highest BCUT2D eigenvalue weighted by atomic mass is 35.5. The van der Waals surface area contributed by atoms with Crippen molar-refractivity contribution in [3.63, 3.8) is 0 Å². The molecule has 0 atom stereocenters. The van der Waals surface area contributed by atoms with Crippen molar-refractivity contribution in [2.45, 2.75) is 32.7 Å². The number of amides is 1. The molecule has 0 fully saturated rings. The van der Waals surface area contributed by atoms with Crippen molar-refractivity contribution in [3.05, 3.63) is 90.9 Å². The van der Waals surface area contributed by atoms with Crippen LogP contribution >= 0.6 is 22.9 Å². The molecule has 0 radical (unpaired) electrons. The number of carbonyl (C=O) groups is 1. The molecule has 4 aromatic rings. The Bertz CT molecular complexity index is 1500. The second-order valence-electron chi connectivity index (χ2n) is 8.05. The molecule has 168 valence electrons. The molecule has 6 nitrogen and oxygen atoms in total. The fourth-order valence-corrected chi connectivity index (χ4v) is 5.63. The maximum absolute atomic E-state index is 13.6. The van der Waals surface area contributed by atoms with E-state index >= 15 is 0 Å². The summed E-state index contributed by atoms with van der Waals surface area (Å²) in [5, 5.41) is 0.856. The molecule has 1 aliphatic rings. The Labute approximate surface area is 199 Å². The normalized spacial score (nSPS) is 13.3. The number of aromatic nitrogens is 2. The first-order chi connectivity index (χ1) is 16.0. The van der Waals surface area contributed by atoms with Gasteiger partial charge in [-0.15, -0.1) is 11.3 Å². The molecule has 2 aromatic heterocycles. The molecule has 1 amide bonds. The van der Waals surface area contributed by atoms with Crippen molar-refractivity contribution in [2.75, 3.05) is 11.4 Å². The fourth-order valence-electron chi connectivity index (χ4n) is 4.37. The van der Waals surface area contributed by atoms with E-state index in [4.69, 9.17) is 11.6 Å². The fraction of sp³-hybridized carbons (Fsp3) is 0.240. The van der Waals surface area contributed by atoms with Crippen LogP contribution in [-0.2, 0) is 24.2 Å². The summed E-state index contributed by atoms with van der Waals surface area (Å²) >= 11 is 7.52. The van der Waals surface area contributed by atoms with Crippen LogP contribution in [0.1, 0.15) is 23.8 Å². The monoisotopic (exact) mass is 479 g/mol. The van der Waals surface area contributed by atoms with Crippen LogP contribution in [0, 0.1) is 0 Å². The molecule has 0 N–H and O–H groups in total. The zero-order valence-corrected chi connectivity index (χ0v) is 19.7. The van der Waals surface area contributed by atoms with Crippen molar-refractivity contribution in [3.8, 4) is 5.69 Å². The van der Waals surface area contributed by atoms with Crippen molar-refractivity contribution >= 4 is 44.7 Å². The first-order valence-electron chi connectivity index (χ1n) is 10.9. The Balaban J connectivity index is 1.67. The van der Waals surface area contributed by atoms with Crippen LogP contribution in [0.25, 0.3) is 15.9 Å². The van der Waals surface area contributed by atoms with E-state index in [1.54, 1.807) is 29.2 Å². The molecular formula is C25H22ClN3O3S. The van der Waals surface area contributed by atoms with Gasteiger partial charge in [0, 0.05) is 22.1 Å². The molecule has 1 aliphatic heterocycles. The third-order valence-electron chi connectivity index (χ3n) is 5.98. The van der Waals surface area contributed by atoms with E-state index in [9.17, 15) is 14.4 Å². The van der Waals surface area contributed by atoms with Gasteiger partial charge < -0.3 is 4.90 Å². The second-order valence-corrected chi connectivity index (χ2v) is 9.60. The van der Waals surface area contributed by atoms with E-state index in [-0.39, 0.29) is 12.5 Å². The van der Waals surface area contributed by atoms with Crippen LogP contribution in [0.2, 0.25) is 5.02 Å². The lowest BCUT2D eigenvalue weighted by atomic mass is 10.0. The predicted molar refractivity (Wildman–Crippen MR) is 133 cm³/mol. The van der Waals surface area contributed by atoms with Crippen LogP contribution in [0.5, 0.6) is 0 Å². The molecule has 0 saturated heterocycles. The molecule has 8 heteroatoms. The zero-order valence-electron chi connectivity index (χ0n) is 18.1. The number of thiophene rings is 1. The number of hydrogen-bond donors (Lipinski definition) is 0. The van der Waals surface area contributed by atoms with Gasteiger partial charge in [-0.3, -0.25) is 14.2 Å². The smallest absolute Gasteiger partial charge is 0.311 e. The number of fused-ring (bicyclic) bond motifs is 2. The van der Waals surface area contributed by atoms with E-state index in [0.29, 0.717) is 27.5 Å². The molecule has 33 heavy (non-hydrogen) atoms. The Morgan fingerprint density at radius 3 is 2.70 bits per heavy atom. The van der Waals surface area contributed by atoms with Gasteiger partial charge in [0.2, 0.25) is 5.91 Å². The minimum Gasteiger partial charge on any atom is -0.311 e. The highest BCUT2D eigenvalue weighted by Gasteiger charge is 2.25. The summed E-state index contributed by atoms with van der Waals surface area (Å²) in [5.41, 5.74) is 1.45. The first kappa shape index (κ1) is 21.7. The number of benzene rings is 2. The van der Waals surface area contributed by atoms with Gasteiger partial charge in [0.1, 0.15) is 11.4 Å². The lowest BCUT2D eigenvalue weighted by Crippen LogP contribution is -2.43. The van der Waals surface area contributed by atoms with Gasteiger partial charge in [-0.05, 0) is 55.2 Å². The van der Waals surface area contributed by atoms with E-state index < -0.39 is 11.2 Å². The summed E-state index contributed by atoms with van der Waals surface area (Å²) in [6.45, 7) is 2.46. The van der Waals surface area contributed by atoms with Gasteiger partial charge >= 0.3 is 5.69 Å². The summed E-state index contributed by atoms with van der Waals surface area (Å²) in [4.78, 5) is 43.6. The van der Waals surface area contributed by atoms with Crippen LogP contribution in [0.4, 0.5) is 5.69 Å². The Morgan fingerprint density at radius 2 is 1.91 bits per heavy atom. The van der Waals surface area contributed by atoms with Crippen LogP contribution in [0.15, 0.2) is 64.2 Å². The number of carbonyl (C=O) groups excluding carboxylic acids is 1. The first-order valence-corrected chi connectivity index (χ1v) is 12.1. The summed E-state index contributed by atoms with van der Waals surface area (Å²) in [5.74, 6) is -0.173. The SMILES string of the molecule is CCc1cc2c(=O)n(-c3cccc(Cl)c3)c(=O)n(CC(=O)N3CCCc4ccccc43)c2s1. The number of anilines is 1. The Morgan fingerprint density at radius 1 is 1.09 bits per heavy atom. The minimum absolute atomic E-state index is 0.145. The average Bonchev–Trinajstić information content (AvgIpc) is 3.26. The van der Waals surface area contributed by atoms with Gasteiger partial charge in [0.25, 0.3) is 5.56 Å². The molecule has 2 aromatic carbocycles. The summed E-state index contributed by atoms with van der Waals surface area (Å²) in [6.07, 6.45) is 2.53. The predicted octanol–water partition coefficient (Wildman–Crippen LogP) is 4.41. The van der Waals surface area contributed by atoms with Gasteiger partial charge in [0.05, 0.1) is 11.1 Å². The molecule has 0 bridgehead atoms. The van der Waals surface area contributed by atoms with Gasteiger partial charge in [-0.2, -0.15) is 0 Å². The maximum atomic E-state index is 13.6. The van der Waals surface area contributed by atoms with E-state index in [1.807, 2.05) is 37.3 Å². The largest absolute Gasteiger partial charge is 0.337 e. The zero-order chi connectivity index (χ0) is 23.1. The number of para-hydroxylation sites is 1. The van der Waals surface area contributed by atoms with Crippen molar-refractivity contribution in [1.82, 2.24) is 9.13 Å². The number of aryl methyl sites for hydroxylation is 2. The third-order valence-corrected chi connectivity index (χ3v) is 7.52. The minimum atomic E-state index is -0.544. The molecule has 5 rings (SSSR count). The highest BCUT2D eigenvalue weighted by molar-refractivity contribution is 7.18. The van der Waals surface area contributed by atoms with Gasteiger partial charge in [-0.25, -0.2) is 9.36 Å². The molecule has 3 heterocycles. The number of hydrogen-bond acceptors (Lipinski definition) is 4. The van der Waals surface area contributed by atoms with E-state index in [1.165, 1.54) is 15.9 Å². The summed E-state index contributed by atoms with van der Waals surface area (Å²) in [7, 11) is 0. The molecule has 0 saturated carbocycles. The lowest BCUT2D eigenvalue weighted by molar-refractivity contribution is -0.119. The molecule has 0 aliphatic carbocycles. The van der Waals surface area contributed by atoms with Crippen molar-refractivity contribution in [2.24, 2.45) is 0 Å². The topological polar surface area (TPSA) is 64.3 Å². The van der Waals surface area contributed by atoms with Crippen LogP contribution < -0.4 is 16.1 Å². The molecule has 0 spiro atoms. The lowest BCUT2D eigenvalue weighted by Gasteiger charge is -2.29. The van der Waals surface area contributed by atoms with E-state index in [2.05, 4.69) is 0 Å². The van der Waals surface area contributed by atoms with Crippen LogP contribution in [-0.4, -0.2) is 21.6 Å². The van der Waals surface area contributed by atoms with Gasteiger partial charge in [0.15, 0.2) is 0 Å². The van der Waals surface area contributed by atoms with Gasteiger partial charge in [-0.1, -0.05) is 42.8 Å². The number of nitrogens with zero attached hydrogens (tertiary/aromatic N) is 3. The van der Waals surface area contributed by atoms with Crippen LogP contribution in [0.3, 0.4) is 0 Å². The Hall–Kier alpha value is -3.16. The molecular weight excluding hydrogens is 458 g/mol. The number of halogens is 1. The quantitative estimate of drug-likeness (QED) is 0.435. The summed E-state index contributed by atoms with van der Waals surface area (Å²) in [6, 6.07) is 16.3. The average molecular weight is 480 g/mol. The van der Waals surface area contributed by atoms with Crippen molar-refractivity contribution < 1.29 is 4.79 Å². The second kappa shape index (κ2) is 8.65.